The lowest BCUT2D eigenvalue weighted by Gasteiger charge is -2.67. The SMILES string of the molecule is CCCSSCCOC(=O)OC(C(=O)O[C@H]1C[C@@]2(O)[C@@H](OC(=O)c3ccccc3)[C@@H]3[C@]4(OC(C)=O)CO[C@@H]4C[C@H](O)[C@@]3(C)C(=O)[C@H](O)C(=C1C)C2(C)C)[C@@H](NC(C)OC(C)(C)C)c1ccccc1. The van der Waals surface area contributed by atoms with Crippen molar-refractivity contribution in [1.82, 2.24) is 5.32 Å². The molecule has 1 heterocycles. The van der Waals surface area contributed by atoms with Crippen LogP contribution < -0.4 is 5.32 Å². The van der Waals surface area contributed by atoms with Crippen molar-refractivity contribution in [3.63, 3.8) is 0 Å². The van der Waals surface area contributed by atoms with Gasteiger partial charge in [0, 0.05) is 36.7 Å². The van der Waals surface area contributed by atoms with Crippen molar-refractivity contribution in [2.45, 2.75) is 154 Å². The average Bonchev–Trinajstić information content (AvgIpc) is 3.27. The van der Waals surface area contributed by atoms with E-state index in [0.29, 0.717) is 11.3 Å². The van der Waals surface area contributed by atoms with Crippen molar-refractivity contribution >= 4 is 51.4 Å². The van der Waals surface area contributed by atoms with Gasteiger partial charge in [0.25, 0.3) is 0 Å². The highest BCUT2D eigenvalue weighted by molar-refractivity contribution is 8.76. The molecule has 1 saturated heterocycles. The van der Waals surface area contributed by atoms with Crippen molar-refractivity contribution in [2.24, 2.45) is 16.7 Å². The zero-order valence-corrected chi connectivity index (χ0v) is 42.1. The summed E-state index contributed by atoms with van der Waals surface area (Å²) in [7, 11) is 3.16. The fourth-order valence-corrected chi connectivity index (χ4v) is 12.5. The summed E-state index contributed by atoms with van der Waals surface area (Å²) in [6.45, 7) is 16.3. The molecule has 4 N–H and O–H groups in total. The standard InChI is InChI=1S/C50H67NO15S2/c1-11-23-67-68-24-22-60-45(58)63-39(37(31-18-14-12-15-19-31)51-29(3)65-46(5,6)7)44(57)62-33-26-50(59)42(64-43(56)32-20-16-13-17-21-32)40-48(10,41(55)38(54)36(28(33)2)47(50,8)9)34(53)25-35-49(40,27-61-35)66-30(4)52/h12-21,29,33-35,37-40,42,51,53-54,59H,11,22-27H2,1-10H3/t29?,33-,34-,35+,37-,38+,39?,40-,42-,48+,49-,50+/m0/s1. The molecule has 12 atom stereocenters. The van der Waals surface area contributed by atoms with Crippen LogP contribution >= 0.6 is 21.6 Å². The smallest absolute Gasteiger partial charge is 0.455 e. The second-order valence-corrected chi connectivity index (χ2v) is 22.5. The Bertz CT molecular complexity index is 2180. The minimum Gasteiger partial charge on any atom is -0.455 e. The minimum absolute atomic E-state index is 0.0184. The average molecular weight is 986 g/mol. The monoisotopic (exact) mass is 985 g/mol. The Hall–Kier alpha value is -4.01. The number of Topliss-reactive ketones (excluding diaryl/α,β-unsaturated/α-hetero) is 1. The first-order valence-electron chi connectivity index (χ1n) is 23.1. The number of ether oxygens (including phenoxy) is 7. The van der Waals surface area contributed by atoms with Crippen LogP contribution in [0, 0.1) is 16.7 Å². The molecule has 2 aromatic carbocycles. The van der Waals surface area contributed by atoms with Crippen LogP contribution in [0.5, 0.6) is 0 Å². The molecule has 18 heteroatoms. The van der Waals surface area contributed by atoms with E-state index in [9.17, 15) is 29.7 Å². The largest absolute Gasteiger partial charge is 0.509 e. The Balaban J connectivity index is 1.48. The molecule has 1 aliphatic heterocycles. The van der Waals surface area contributed by atoms with Crippen LogP contribution in [0.25, 0.3) is 0 Å². The lowest BCUT2D eigenvalue weighted by atomic mass is 9.44. The Morgan fingerprint density at radius 3 is 2.18 bits per heavy atom. The molecule has 6 rings (SSSR count). The maximum absolute atomic E-state index is 15.2. The van der Waals surface area contributed by atoms with Crippen LogP contribution in [-0.4, -0.2) is 130 Å². The zero-order valence-electron chi connectivity index (χ0n) is 40.5. The summed E-state index contributed by atoms with van der Waals surface area (Å²) in [5.74, 6) is -3.84. The highest BCUT2D eigenvalue weighted by Gasteiger charge is 2.78. The molecule has 2 unspecified atom stereocenters. The molecule has 0 aromatic heterocycles. The maximum atomic E-state index is 15.2. The fraction of sp³-hybridized carbons (Fsp3) is 0.620. The van der Waals surface area contributed by atoms with Gasteiger partial charge < -0.3 is 48.5 Å². The Morgan fingerprint density at radius 1 is 0.956 bits per heavy atom. The van der Waals surface area contributed by atoms with Crippen molar-refractivity contribution in [2.75, 3.05) is 24.7 Å². The number of esters is 3. The summed E-state index contributed by atoms with van der Waals surface area (Å²) in [4.78, 5) is 71.3. The Morgan fingerprint density at radius 2 is 1.59 bits per heavy atom. The molecule has 4 aliphatic rings. The molecule has 0 spiro atoms. The number of hydrogen-bond donors (Lipinski definition) is 4. The summed E-state index contributed by atoms with van der Waals surface area (Å²) in [5.41, 5.74) is -7.69. The van der Waals surface area contributed by atoms with E-state index in [4.69, 9.17) is 33.2 Å². The summed E-state index contributed by atoms with van der Waals surface area (Å²) in [5, 5.41) is 41.5. The highest BCUT2D eigenvalue weighted by atomic mass is 33.1. The topological polar surface area (TPSA) is 223 Å². The molecule has 3 fully saturated rings. The number of hydrogen-bond acceptors (Lipinski definition) is 18. The van der Waals surface area contributed by atoms with Gasteiger partial charge in [-0.05, 0) is 76.8 Å². The van der Waals surface area contributed by atoms with Crippen molar-refractivity contribution in [3.8, 4) is 0 Å². The van der Waals surface area contributed by atoms with Crippen LogP contribution in [0.3, 0.4) is 0 Å². The summed E-state index contributed by atoms with van der Waals surface area (Å²) in [6, 6.07) is 15.6. The van der Waals surface area contributed by atoms with E-state index in [-0.39, 0.29) is 36.3 Å². The first-order valence-corrected chi connectivity index (χ1v) is 25.6. The third-order valence-electron chi connectivity index (χ3n) is 13.8. The van der Waals surface area contributed by atoms with Gasteiger partial charge >= 0.3 is 24.1 Å². The van der Waals surface area contributed by atoms with Crippen LogP contribution in [0.1, 0.15) is 110 Å². The van der Waals surface area contributed by atoms with Crippen molar-refractivity contribution in [3.05, 3.63) is 82.9 Å². The van der Waals surface area contributed by atoms with Gasteiger partial charge in [-0.2, -0.15) is 0 Å². The van der Waals surface area contributed by atoms with E-state index in [1.54, 1.807) is 87.0 Å². The molecule has 16 nitrogen and oxygen atoms in total. The number of carbonyl (C=O) groups excluding carboxylic acids is 5. The molecular formula is C50H67NO15S2. The summed E-state index contributed by atoms with van der Waals surface area (Å²) < 4.78 is 42.3. The molecule has 3 aliphatic carbocycles. The number of aliphatic hydroxyl groups excluding tert-OH is 2. The third-order valence-corrected chi connectivity index (χ3v) is 16.4. The zero-order chi connectivity index (χ0) is 50.0. The molecule has 0 amide bonds. The maximum Gasteiger partial charge on any atom is 0.509 e. The number of carbonyl (C=O) groups is 5. The van der Waals surface area contributed by atoms with Gasteiger partial charge in [0.2, 0.25) is 6.10 Å². The van der Waals surface area contributed by atoms with Gasteiger partial charge in [-0.25, -0.2) is 14.4 Å². The van der Waals surface area contributed by atoms with Crippen LogP contribution in [0.2, 0.25) is 0 Å². The molecule has 68 heavy (non-hydrogen) atoms. The predicted molar refractivity (Wildman–Crippen MR) is 253 cm³/mol. The predicted octanol–water partition coefficient (Wildman–Crippen LogP) is 6.44. The lowest BCUT2D eigenvalue weighted by Crippen LogP contribution is -2.81. The Kier molecular flexibility index (Phi) is 16.6. The van der Waals surface area contributed by atoms with E-state index in [0.717, 1.165) is 12.2 Å². The number of nitrogens with one attached hydrogen (secondary N) is 1. The van der Waals surface area contributed by atoms with Gasteiger partial charge in [-0.1, -0.05) is 90.9 Å². The molecule has 2 bridgehead atoms. The van der Waals surface area contributed by atoms with Crippen molar-refractivity contribution in [1.29, 1.82) is 0 Å². The number of fused-ring (bicyclic) bond motifs is 5. The van der Waals surface area contributed by atoms with E-state index in [1.807, 2.05) is 20.8 Å². The second-order valence-electron chi connectivity index (χ2n) is 19.8. The van der Waals surface area contributed by atoms with Crippen molar-refractivity contribution < 1.29 is 72.5 Å². The minimum atomic E-state index is -2.37. The first-order chi connectivity index (χ1) is 31.9. The van der Waals surface area contributed by atoms with Crippen LogP contribution in [-0.2, 0) is 47.5 Å². The number of rotatable bonds is 17. The number of ketones is 1. The van der Waals surface area contributed by atoms with E-state index < -0.39 is 119 Å². The van der Waals surface area contributed by atoms with Gasteiger partial charge in [0.05, 0.1) is 41.3 Å². The quantitative estimate of drug-likeness (QED) is 0.0334. The van der Waals surface area contributed by atoms with E-state index >= 15 is 9.59 Å². The summed E-state index contributed by atoms with van der Waals surface area (Å²) in [6.07, 6.45) is -11.2. The van der Waals surface area contributed by atoms with Gasteiger partial charge in [-0.3, -0.25) is 14.9 Å². The first kappa shape index (κ1) is 53.3. The molecule has 2 aromatic rings. The highest BCUT2D eigenvalue weighted by Crippen LogP contribution is 2.64. The normalized spacial score (nSPS) is 31.0. The third kappa shape index (κ3) is 10.5. The molecule has 374 valence electrons. The summed E-state index contributed by atoms with van der Waals surface area (Å²) >= 11 is 0. The second kappa shape index (κ2) is 21.1. The number of benzene rings is 2. The fourth-order valence-electron chi connectivity index (χ4n) is 10.6. The lowest BCUT2D eigenvalue weighted by molar-refractivity contribution is -0.346. The van der Waals surface area contributed by atoms with Gasteiger partial charge in [0.1, 0.15) is 42.9 Å². The molecule has 2 saturated carbocycles. The Labute approximate surface area is 406 Å². The molecular weight excluding hydrogens is 919 g/mol. The van der Waals surface area contributed by atoms with Gasteiger partial charge in [0.15, 0.2) is 11.4 Å². The van der Waals surface area contributed by atoms with E-state index in [2.05, 4.69) is 12.2 Å². The van der Waals surface area contributed by atoms with Gasteiger partial charge in [-0.15, -0.1) is 0 Å². The number of aliphatic hydroxyl groups is 3. The van der Waals surface area contributed by atoms with Crippen LogP contribution in [0.4, 0.5) is 4.79 Å². The van der Waals surface area contributed by atoms with E-state index in [1.165, 1.54) is 36.8 Å². The molecule has 0 radical (unpaired) electrons. The van der Waals surface area contributed by atoms with Crippen LogP contribution in [0.15, 0.2) is 71.8 Å².